The first-order chi connectivity index (χ1) is 16.3. The Hall–Kier alpha value is -3.20. The van der Waals surface area contributed by atoms with Crippen LogP contribution in [0.4, 0.5) is 4.79 Å². The Kier molecular flexibility index (Phi) is 7.02. The fraction of sp³-hybridized carbons (Fsp3) is 0.360. The second kappa shape index (κ2) is 9.97. The molecule has 2 saturated heterocycles. The molecule has 34 heavy (non-hydrogen) atoms. The molecule has 0 saturated carbocycles. The fourth-order valence-electron chi connectivity index (χ4n) is 4.54. The van der Waals surface area contributed by atoms with Crippen LogP contribution in [0.3, 0.4) is 0 Å². The Morgan fingerprint density at radius 3 is 2.56 bits per heavy atom. The number of hydrogen-bond acceptors (Lipinski definition) is 6. The molecule has 0 spiro atoms. The van der Waals surface area contributed by atoms with E-state index in [4.69, 9.17) is 4.74 Å². The number of amides is 2. The van der Waals surface area contributed by atoms with Crippen LogP contribution in [0.15, 0.2) is 52.6 Å². The number of carbonyl (C=O) groups excluding carboxylic acids is 3. The number of likely N-dealkylation sites (tertiary alicyclic amines) is 2. The van der Waals surface area contributed by atoms with E-state index in [1.165, 1.54) is 4.90 Å². The van der Waals surface area contributed by atoms with E-state index in [9.17, 15) is 19.5 Å². The molecule has 2 aromatic rings. The lowest BCUT2D eigenvalue weighted by molar-refractivity contribution is -0.142. The molecule has 1 atom stereocenters. The van der Waals surface area contributed by atoms with Gasteiger partial charge in [-0.3, -0.25) is 14.6 Å². The molecule has 4 rings (SSSR count). The molecule has 2 aliphatic rings. The van der Waals surface area contributed by atoms with Crippen molar-refractivity contribution in [2.75, 3.05) is 19.7 Å². The van der Waals surface area contributed by atoms with Crippen molar-refractivity contribution in [3.63, 3.8) is 0 Å². The second-order valence-corrected chi connectivity index (χ2v) is 9.20. The number of hydrogen-bond donors (Lipinski definition) is 1. The van der Waals surface area contributed by atoms with Crippen LogP contribution in [-0.4, -0.2) is 63.4 Å². The summed E-state index contributed by atoms with van der Waals surface area (Å²) in [6.07, 6.45) is 2.21. The van der Waals surface area contributed by atoms with Crippen molar-refractivity contribution in [3.8, 4) is 0 Å². The summed E-state index contributed by atoms with van der Waals surface area (Å²) in [6, 6.07) is 9.45. The van der Waals surface area contributed by atoms with Crippen LogP contribution in [0, 0.1) is 6.92 Å². The molecule has 1 aromatic heterocycles. The Morgan fingerprint density at radius 2 is 1.94 bits per heavy atom. The molecule has 1 N–H and O–H groups in total. The van der Waals surface area contributed by atoms with E-state index in [1.54, 1.807) is 54.4 Å². The molecule has 178 valence electrons. The molecule has 2 amide bonds. The molecule has 8 nitrogen and oxygen atoms in total. The first-order valence-corrected chi connectivity index (χ1v) is 12.0. The van der Waals surface area contributed by atoms with E-state index in [0.29, 0.717) is 43.8 Å². The zero-order valence-electron chi connectivity index (χ0n) is 19.0. The van der Waals surface area contributed by atoms with Crippen molar-refractivity contribution >= 4 is 39.5 Å². The zero-order chi connectivity index (χ0) is 24.4. The maximum Gasteiger partial charge on any atom is 0.409 e. The summed E-state index contributed by atoms with van der Waals surface area (Å²) >= 11 is 3.44. The Morgan fingerprint density at radius 1 is 1.21 bits per heavy atom. The first kappa shape index (κ1) is 23.9. The highest BCUT2D eigenvalue weighted by atomic mass is 79.9. The van der Waals surface area contributed by atoms with Gasteiger partial charge in [-0.1, -0.05) is 28.1 Å². The smallest absolute Gasteiger partial charge is 0.409 e. The fourth-order valence-corrected chi connectivity index (χ4v) is 4.79. The molecule has 0 radical (unpaired) electrons. The van der Waals surface area contributed by atoms with Crippen molar-refractivity contribution in [1.82, 2.24) is 14.8 Å². The van der Waals surface area contributed by atoms with Gasteiger partial charge in [0.2, 0.25) is 0 Å². The number of piperidine rings is 1. The van der Waals surface area contributed by atoms with E-state index in [1.807, 2.05) is 6.92 Å². The lowest BCUT2D eigenvalue weighted by atomic mass is 9.96. The average molecular weight is 528 g/mol. The maximum atomic E-state index is 13.3. The van der Waals surface area contributed by atoms with Crippen LogP contribution in [0.25, 0.3) is 5.76 Å². The molecule has 0 bridgehead atoms. The van der Waals surface area contributed by atoms with Gasteiger partial charge < -0.3 is 19.6 Å². The molecule has 2 fully saturated rings. The number of aliphatic hydroxyl groups is 1. The number of pyridine rings is 1. The Balaban J connectivity index is 1.73. The summed E-state index contributed by atoms with van der Waals surface area (Å²) in [5, 5.41) is 11.2. The third kappa shape index (κ3) is 4.44. The van der Waals surface area contributed by atoms with Crippen molar-refractivity contribution in [2.45, 2.75) is 38.8 Å². The summed E-state index contributed by atoms with van der Waals surface area (Å²) < 4.78 is 5.96. The second-order valence-electron chi connectivity index (χ2n) is 8.34. The highest BCUT2D eigenvalue weighted by Gasteiger charge is 2.50. The predicted molar refractivity (Wildman–Crippen MR) is 129 cm³/mol. The van der Waals surface area contributed by atoms with Gasteiger partial charge in [0, 0.05) is 35.4 Å². The topological polar surface area (TPSA) is 100 Å². The third-order valence-electron chi connectivity index (χ3n) is 6.26. The number of ether oxygens (including phenoxy) is 1. The number of aliphatic hydroxyl groups excluding tert-OH is 1. The molecule has 9 heteroatoms. The Bertz CT molecular complexity index is 1140. The third-order valence-corrected chi connectivity index (χ3v) is 7.15. The van der Waals surface area contributed by atoms with Gasteiger partial charge in [-0.15, -0.1) is 0 Å². The Labute approximate surface area is 206 Å². The largest absolute Gasteiger partial charge is 0.507 e. The van der Waals surface area contributed by atoms with Crippen molar-refractivity contribution in [3.05, 3.63) is 69.5 Å². The van der Waals surface area contributed by atoms with E-state index >= 15 is 0 Å². The summed E-state index contributed by atoms with van der Waals surface area (Å²) in [7, 11) is 0. The van der Waals surface area contributed by atoms with Crippen molar-refractivity contribution in [2.24, 2.45) is 0 Å². The standard InChI is InChI=1S/C25H26BrN3O5/c1-3-34-25(33)28-12-9-17(10-13-28)29-21(19-6-4-5-11-27-19)20(23(31)24(29)32)22(30)16-7-8-18(26)15(2)14-16/h4-8,11,14,17,21,30H,3,9-10,12-13H2,1-2H3/b22-20+. The number of halogens is 1. The van der Waals surface area contributed by atoms with Crippen LogP contribution >= 0.6 is 15.9 Å². The van der Waals surface area contributed by atoms with Crippen LogP contribution in [-0.2, 0) is 14.3 Å². The van der Waals surface area contributed by atoms with Gasteiger partial charge in [0.1, 0.15) is 11.8 Å². The number of ketones is 1. The van der Waals surface area contributed by atoms with Crippen molar-refractivity contribution < 1.29 is 24.2 Å². The number of nitrogens with zero attached hydrogens (tertiary/aromatic N) is 3. The SMILES string of the molecule is CCOC(=O)N1CCC(N2C(=O)C(=O)/C(=C(/O)c3ccc(Br)c(C)c3)C2c2ccccn2)CC1. The molecular weight excluding hydrogens is 502 g/mol. The predicted octanol–water partition coefficient (Wildman–Crippen LogP) is 4.20. The molecule has 2 aliphatic heterocycles. The molecule has 1 unspecified atom stereocenters. The lowest BCUT2D eigenvalue weighted by Gasteiger charge is -2.38. The summed E-state index contributed by atoms with van der Waals surface area (Å²) in [5.41, 5.74) is 1.87. The van der Waals surface area contributed by atoms with Crippen LogP contribution in [0.5, 0.6) is 0 Å². The van der Waals surface area contributed by atoms with Gasteiger partial charge >= 0.3 is 6.09 Å². The van der Waals surface area contributed by atoms with Gasteiger partial charge in [0.15, 0.2) is 0 Å². The molecule has 3 heterocycles. The van der Waals surface area contributed by atoms with Crippen LogP contribution in [0.2, 0.25) is 0 Å². The van der Waals surface area contributed by atoms with Gasteiger partial charge in [-0.05, 0) is 56.5 Å². The molecule has 0 aliphatic carbocycles. The molecular formula is C25H26BrN3O5. The number of aryl methyl sites for hydroxylation is 1. The summed E-state index contributed by atoms with van der Waals surface area (Å²) in [4.78, 5) is 46.2. The van der Waals surface area contributed by atoms with Gasteiger partial charge in [0.25, 0.3) is 11.7 Å². The summed E-state index contributed by atoms with van der Waals surface area (Å²) in [6.45, 7) is 4.75. The highest BCUT2D eigenvalue weighted by Crippen LogP contribution is 2.41. The zero-order valence-corrected chi connectivity index (χ0v) is 20.6. The van der Waals surface area contributed by atoms with E-state index in [-0.39, 0.29) is 23.5 Å². The van der Waals surface area contributed by atoms with E-state index < -0.39 is 17.7 Å². The number of benzene rings is 1. The minimum absolute atomic E-state index is 0.0262. The van der Waals surface area contributed by atoms with Gasteiger partial charge in [-0.2, -0.15) is 0 Å². The van der Waals surface area contributed by atoms with Gasteiger partial charge in [0.05, 0.1) is 17.9 Å². The van der Waals surface area contributed by atoms with E-state index in [2.05, 4.69) is 20.9 Å². The number of Topliss-reactive ketones (excluding diaryl/α,β-unsaturated/α-hetero) is 1. The quantitative estimate of drug-likeness (QED) is 0.363. The lowest BCUT2D eigenvalue weighted by Crippen LogP contribution is -2.48. The maximum absolute atomic E-state index is 13.3. The minimum atomic E-state index is -0.815. The number of rotatable bonds is 4. The molecule has 1 aromatic carbocycles. The average Bonchev–Trinajstić information content (AvgIpc) is 3.11. The number of carbonyl (C=O) groups is 3. The van der Waals surface area contributed by atoms with Gasteiger partial charge in [-0.25, -0.2) is 4.79 Å². The number of aromatic nitrogens is 1. The highest BCUT2D eigenvalue weighted by molar-refractivity contribution is 9.10. The van der Waals surface area contributed by atoms with Crippen molar-refractivity contribution in [1.29, 1.82) is 0 Å². The first-order valence-electron chi connectivity index (χ1n) is 11.2. The minimum Gasteiger partial charge on any atom is -0.507 e. The summed E-state index contributed by atoms with van der Waals surface area (Å²) in [5.74, 6) is -1.63. The monoisotopic (exact) mass is 527 g/mol. The normalized spacial score (nSPS) is 20.6. The van der Waals surface area contributed by atoms with Crippen LogP contribution in [0.1, 0.15) is 42.6 Å². The van der Waals surface area contributed by atoms with E-state index in [0.717, 1.165) is 10.0 Å². The van der Waals surface area contributed by atoms with Crippen LogP contribution < -0.4 is 0 Å².